The van der Waals surface area contributed by atoms with Crippen LogP contribution in [0.25, 0.3) is 11.0 Å². The second kappa shape index (κ2) is 5.30. The number of hydrogen-bond donors (Lipinski definition) is 1. The lowest BCUT2D eigenvalue weighted by Crippen LogP contribution is -2.28. The minimum atomic E-state index is 0.126. The zero-order valence-electron chi connectivity index (χ0n) is 12.2. The van der Waals surface area contributed by atoms with Gasteiger partial charge in [0.05, 0.1) is 0 Å². The van der Waals surface area contributed by atoms with E-state index in [1.54, 1.807) is 6.20 Å². The molecule has 1 N–H and O–H groups in total. The minimum absolute atomic E-state index is 0.126. The van der Waals surface area contributed by atoms with Crippen molar-refractivity contribution in [2.75, 3.05) is 13.1 Å². The maximum Gasteiger partial charge on any atom is 0.253 e. The maximum absolute atomic E-state index is 12.5. The number of nitrogens with one attached hydrogen (secondary N) is 1. The molecule has 2 aromatic heterocycles. The van der Waals surface area contributed by atoms with Gasteiger partial charge in [-0.2, -0.15) is 0 Å². The summed E-state index contributed by atoms with van der Waals surface area (Å²) in [4.78, 5) is 22.1. The highest BCUT2D eigenvalue weighted by molar-refractivity contribution is 5.94. The first kappa shape index (κ1) is 13.1. The van der Waals surface area contributed by atoms with Gasteiger partial charge in [0.25, 0.3) is 5.91 Å². The van der Waals surface area contributed by atoms with Crippen molar-refractivity contribution >= 4 is 16.9 Å². The molecule has 0 spiro atoms. The van der Waals surface area contributed by atoms with Gasteiger partial charge in [-0.1, -0.05) is 18.2 Å². The Kier molecular flexibility index (Phi) is 3.15. The van der Waals surface area contributed by atoms with Gasteiger partial charge in [-0.3, -0.25) is 4.79 Å². The van der Waals surface area contributed by atoms with Crippen molar-refractivity contribution in [3.8, 4) is 0 Å². The van der Waals surface area contributed by atoms with Crippen LogP contribution < -0.4 is 0 Å². The van der Waals surface area contributed by atoms with E-state index in [1.165, 1.54) is 10.9 Å². The van der Waals surface area contributed by atoms with Crippen molar-refractivity contribution in [2.24, 2.45) is 0 Å². The number of hydrogen-bond acceptors (Lipinski definition) is 2. The summed E-state index contributed by atoms with van der Waals surface area (Å²) in [5.41, 5.74) is 2.96. The molecular formula is C18H17N3O. The molecule has 1 atom stereocenters. The van der Waals surface area contributed by atoms with Crippen LogP contribution in [0.4, 0.5) is 0 Å². The number of amides is 1. The van der Waals surface area contributed by atoms with Crippen molar-refractivity contribution in [2.45, 2.75) is 12.3 Å². The summed E-state index contributed by atoms with van der Waals surface area (Å²) >= 11 is 0. The van der Waals surface area contributed by atoms with Crippen molar-refractivity contribution in [3.63, 3.8) is 0 Å². The first-order valence-electron chi connectivity index (χ1n) is 7.59. The Morgan fingerprint density at radius 1 is 1.18 bits per heavy atom. The minimum Gasteiger partial charge on any atom is -0.346 e. The molecular weight excluding hydrogens is 274 g/mol. The third kappa shape index (κ3) is 2.17. The zero-order valence-corrected chi connectivity index (χ0v) is 12.2. The van der Waals surface area contributed by atoms with E-state index >= 15 is 0 Å². The number of fused-ring (bicyclic) bond motifs is 1. The number of aromatic amines is 1. The number of carbonyl (C=O) groups excluding carboxylic acids is 1. The first-order valence-corrected chi connectivity index (χ1v) is 7.59. The van der Waals surface area contributed by atoms with Crippen LogP contribution in [0.2, 0.25) is 0 Å². The van der Waals surface area contributed by atoms with E-state index in [4.69, 9.17) is 0 Å². The van der Waals surface area contributed by atoms with E-state index in [1.807, 2.05) is 47.5 Å². The summed E-state index contributed by atoms with van der Waals surface area (Å²) < 4.78 is 0. The summed E-state index contributed by atoms with van der Waals surface area (Å²) in [5, 5.41) is 1.17. The number of likely N-dealkylation sites (tertiary alicyclic amines) is 1. The molecule has 0 aliphatic carbocycles. The molecule has 1 aliphatic heterocycles. The molecule has 22 heavy (non-hydrogen) atoms. The third-order valence-electron chi connectivity index (χ3n) is 4.42. The van der Waals surface area contributed by atoms with E-state index in [0.717, 1.165) is 30.7 Å². The Bertz CT molecular complexity index is 809. The van der Waals surface area contributed by atoms with Crippen molar-refractivity contribution in [1.29, 1.82) is 0 Å². The number of aromatic nitrogens is 2. The van der Waals surface area contributed by atoms with Crippen molar-refractivity contribution in [1.82, 2.24) is 14.9 Å². The van der Waals surface area contributed by atoms with Gasteiger partial charge in [-0.25, -0.2) is 4.98 Å². The predicted octanol–water partition coefficient (Wildman–Crippen LogP) is 3.19. The SMILES string of the molecule is O=C(c1ccccc1)N1CCC(c2c[nH]c3ncccc23)C1. The van der Waals surface area contributed by atoms with Gasteiger partial charge < -0.3 is 9.88 Å². The maximum atomic E-state index is 12.5. The fourth-order valence-electron chi connectivity index (χ4n) is 3.28. The van der Waals surface area contributed by atoms with Crippen LogP contribution in [0.3, 0.4) is 0 Å². The standard InChI is InChI=1S/C18H17N3O/c22-18(13-5-2-1-3-6-13)21-10-8-14(12-21)16-11-20-17-15(16)7-4-9-19-17/h1-7,9,11,14H,8,10,12H2,(H,19,20). The lowest BCUT2D eigenvalue weighted by Gasteiger charge is -2.16. The number of nitrogens with zero attached hydrogens (tertiary/aromatic N) is 2. The van der Waals surface area contributed by atoms with Crippen molar-refractivity contribution < 1.29 is 4.79 Å². The number of H-pyrrole nitrogens is 1. The van der Waals surface area contributed by atoms with E-state index in [9.17, 15) is 4.79 Å². The molecule has 4 nitrogen and oxygen atoms in total. The first-order chi connectivity index (χ1) is 10.8. The Labute approximate surface area is 128 Å². The van der Waals surface area contributed by atoms with Gasteiger partial charge in [-0.15, -0.1) is 0 Å². The molecule has 4 rings (SSSR count). The molecule has 3 aromatic rings. The van der Waals surface area contributed by atoms with Gasteiger partial charge >= 0.3 is 0 Å². The highest BCUT2D eigenvalue weighted by Gasteiger charge is 2.29. The number of pyridine rings is 1. The van der Waals surface area contributed by atoms with Crippen LogP contribution >= 0.6 is 0 Å². The molecule has 0 saturated carbocycles. The Hall–Kier alpha value is -2.62. The average Bonchev–Trinajstić information content (AvgIpc) is 3.21. The molecule has 110 valence electrons. The second-order valence-corrected chi connectivity index (χ2v) is 5.75. The smallest absolute Gasteiger partial charge is 0.253 e. The van der Waals surface area contributed by atoms with Crippen LogP contribution in [-0.4, -0.2) is 33.9 Å². The predicted molar refractivity (Wildman–Crippen MR) is 85.8 cm³/mol. The molecule has 4 heteroatoms. The van der Waals surface area contributed by atoms with E-state index in [2.05, 4.69) is 16.0 Å². The largest absolute Gasteiger partial charge is 0.346 e. The Morgan fingerprint density at radius 2 is 2.05 bits per heavy atom. The highest BCUT2D eigenvalue weighted by Crippen LogP contribution is 2.32. The van der Waals surface area contributed by atoms with Crippen LogP contribution in [0, 0.1) is 0 Å². The van der Waals surface area contributed by atoms with Gasteiger partial charge in [0, 0.05) is 42.4 Å². The topological polar surface area (TPSA) is 49.0 Å². The van der Waals surface area contributed by atoms with Crippen LogP contribution in [0.15, 0.2) is 54.9 Å². The van der Waals surface area contributed by atoms with E-state index in [0.29, 0.717) is 5.92 Å². The second-order valence-electron chi connectivity index (χ2n) is 5.75. The molecule has 1 amide bonds. The molecule has 1 aromatic carbocycles. The quantitative estimate of drug-likeness (QED) is 0.788. The van der Waals surface area contributed by atoms with E-state index in [-0.39, 0.29) is 5.91 Å². The molecule has 0 radical (unpaired) electrons. The molecule has 1 fully saturated rings. The van der Waals surface area contributed by atoms with E-state index < -0.39 is 0 Å². The normalized spacial score (nSPS) is 18.0. The summed E-state index contributed by atoms with van der Waals surface area (Å²) in [6, 6.07) is 13.6. The molecule has 1 aliphatic rings. The number of carbonyl (C=O) groups is 1. The van der Waals surface area contributed by atoms with Gasteiger partial charge in [-0.05, 0) is 36.2 Å². The summed E-state index contributed by atoms with van der Waals surface area (Å²) in [6.45, 7) is 1.58. The number of benzene rings is 1. The molecule has 1 saturated heterocycles. The van der Waals surface area contributed by atoms with Gasteiger partial charge in [0.1, 0.15) is 5.65 Å². The molecule has 0 bridgehead atoms. The number of rotatable bonds is 2. The Balaban J connectivity index is 1.56. The van der Waals surface area contributed by atoms with Gasteiger partial charge in [0.15, 0.2) is 0 Å². The monoisotopic (exact) mass is 291 g/mol. The lowest BCUT2D eigenvalue weighted by molar-refractivity contribution is 0.0791. The highest BCUT2D eigenvalue weighted by atomic mass is 16.2. The summed E-state index contributed by atoms with van der Waals surface area (Å²) in [5.74, 6) is 0.506. The summed E-state index contributed by atoms with van der Waals surface area (Å²) in [7, 11) is 0. The average molecular weight is 291 g/mol. The van der Waals surface area contributed by atoms with Crippen LogP contribution in [-0.2, 0) is 0 Å². The third-order valence-corrected chi connectivity index (χ3v) is 4.42. The molecule has 3 heterocycles. The van der Waals surface area contributed by atoms with Gasteiger partial charge in [0.2, 0.25) is 0 Å². The summed E-state index contributed by atoms with van der Waals surface area (Å²) in [6.07, 6.45) is 4.84. The molecule has 1 unspecified atom stereocenters. The lowest BCUT2D eigenvalue weighted by atomic mass is 9.99. The fourth-order valence-corrected chi connectivity index (χ4v) is 3.28. The van der Waals surface area contributed by atoms with Crippen molar-refractivity contribution in [3.05, 3.63) is 66.0 Å². The van der Waals surface area contributed by atoms with Crippen LogP contribution in [0.5, 0.6) is 0 Å². The zero-order chi connectivity index (χ0) is 14.9. The fraction of sp³-hybridized carbons (Fsp3) is 0.222. The van der Waals surface area contributed by atoms with Crippen LogP contribution in [0.1, 0.15) is 28.3 Å². The Morgan fingerprint density at radius 3 is 2.91 bits per heavy atom.